The van der Waals surface area contributed by atoms with Gasteiger partial charge < -0.3 is 15.0 Å². The summed E-state index contributed by atoms with van der Waals surface area (Å²) in [6, 6.07) is 8.63. The van der Waals surface area contributed by atoms with Crippen LogP contribution < -0.4 is 15.6 Å². The van der Waals surface area contributed by atoms with Crippen LogP contribution in [0.15, 0.2) is 50.7 Å². The molecule has 1 aromatic carbocycles. The van der Waals surface area contributed by atoms with E-state index in [-0.39, 0.29) is 0 Å². The number of benzene rings is 1. The second kappa shape index (κ2) is 8.10. The van der Waals surface area contributed by atoms with Crippen molar-refractivity contribution in [2.45, 2.75) is 38.3 Å². The number of piperidine rings is 1. The van der Waals surface area contributed by atoms with Gasteiger partial charge in [0.15, 0.2) is 5.84 Å². The van der Waals surface area contributed by atoms with Gasteiger partial charge in [0.2, 0.25) is 0 Å². The molecule has 158 valence electrons. The first-order valence-electron chi connectivity index (χ1n) is 10.7. The van der Waals surface area contributed by atoms with Gasteiger partial charge in [0.25, 0.3) is 0 Å². The van der Waals surface area contributed by atoms with Crippen molar-refractivity contribution in [2.24, 2.45) is 15.3 Å². The predicted octanol–water partition coefficient (Wildman–Crippen LogP) is 1.91. The van der Waals surface area contributed by atoms with Crippen LogP contribution in [0.3, 0.4) is 0 Å². The lowest BCUT2D eigenvalue weighted by Gasteiger charge is -2.31. The van der Waals surface area contributed by atoms with Gasteiger partial charge in [-0.05, 0) is 69.1 Å². The van der Waals surface area contributed by atoms with E-state index in [0.29, 0.717) is 6.04 Å². The Morgan fingerprint density at radius 3 is 2.70 bits per heavy atom. The van der Waals surface area contributed by atoms with Gasteiger partial charge in [0.05, 0.1) is 25.9 Å². The van der Waals surface area contributed by atoms with Gasteiger partial charge in [-0.2, -0.15) is 20.8 Å². The van der Waals surface area contributed by atoms with E-state index in [4.69, 9.17) is 9.84 Å². The van der Waals surface area contributed by atoms with E-state index >= 15 is 0 Å². The predicted molar refractivity (Wildman–Crippen MR) is 119 cm³/mol. The van der Waals surface area contributed by atoms with Crippen LogP contribution in [0.2, 0.25) is 0 Å². The molecular formula is C22H29N7O. The number of ether oxygens (including phenoxy) is 1. The topological polar surface area (TPSA) is 76.8 Å². The molecule has 30 heavy (non-hydrogen) atoms. The minimum Gasteiger partial charge on any atom is -0.497 e. The fraction of sp³-hybridized carbons (Fsp3) is 0.500. The molecule has 3 aliphatic heterocycles. The minimum atomic E-state index is 0.413. The van der Waals surface area contributed by atoms with Gasteiger partial charge in [-0.3, -0.25) is 5.01 Å². The summed E-state index contributed by atoms with van der Waals surface area (Å²) in [5.74, 6) is 1.74. The van der Waals surface area contributed by atoms with Crippen molar-refractivity contribution in [2.75, 3.05) is 33.8 Å². The van der Waals surface area contributed by atoms with Crippen LogP contribution in [0.5, 0.6) is 5.75 Å². The third-order valence-corrected chi connectivity index (χ3v) is 6.31. The molecule has 0 unspecified atom stereocenters. The lowest BCUT2D eigenvalue weighted by molar-refractivity contribution is 0.245. The first kappa shape index (κ1) is 19.1. The largest absolute Gasteiger partial charge is 0.497 e. The number of hydrogen-bond acceptors (Lipinski definition) is 8. The fourth-order valence-corrected chi connectivity index (χ4v) is 4.58. The van der Waals surface area contributed by atoms with Crippen LogP contribution in [0.1, 0.15) is 31.2 Å². The molecule has 0 amide bonds. The average molecular weight is 408 g/mol. The third kappa shape index (κ3) is 3.79. The average Bonchev–Trinajstić information content (AvgIpc) is 3.11. The number of amidine groups is 1. The van der Waals surface area contributed by atoms with Crippen LogP contribution in [0.25, 0.3) is 0 Å². The Balaban J connectivity index is 1.43. The monoisotopic (exact) mass is 407 g/mol. The van der Waals surface area contributed by atoms with Crippen molar-refractivity contribution in [3.8, 4) is 5.75 Å². The number of nitrogens with zero attached hydrogens (tertiary/aromatic N) is 5. The molecule has 2 N–H and O–H groups in total. The molecule has 3 heterocycles. The zero-order valence-corrected chi connectivity index (χ0v) is 17.7. The number of hydrazone groups is 3. The zero-order valence-electron chi connectivity index (χ0n) is 17.7. The summed E-state index contributed by atoms with van der Waals surface area (Å²) in [7, 11) is 3.88. The number of rotatable bonds is 4. The zero-order chi connectivity index (χ0) is 20.5. The Hall–Kier alpha value is -2.87. The second-order valence-corrected chi connectivity index (χ2v) is 8.44. The Morgan fingerprint density at radius 2 is 1.93 bits per heavy atom. The Kier molecular flexibility index (Phi) is 5.16. The number of likely N-dealkylation sites (tertiary alicyclic amines) is 1. The molecule has 4 aliphatic rings. The van der Waals surface area contributed by atoms with E-state index in [9.17, 15) is 0 Å². The summed E-state index contributed by atoms with van der Waals surface area (Å²) in [5.41, 5.74) is 8.69. The van der Waals surface area contributed by atoms with Crippen molar-refractivity contribution in [1.82, 2.24) is 20.8 Å². The fourth-order valence-electron chi connectivity index (χ4n) is 4.58. The highest BCUT2D eigenvalue weighted by molar-refractivity contribution is 6.54. The Morgan fingerprint density at radius 1 is 1.13 bits per heavy atom. The molecule has 0 atom stereocenters. The van der Waals surface area contributed by atoms with Crippen LogP contribution in [-0.4, -0.2) is 67.0 Å². The first-order chi connectivity index (χ1) is 14.7. The van der Waals surface area contributed by atoms with E-state index in [2.05, 4.69) is 50.1 Å². The summed E-state index contributed by atoms with van der Waals surface area (Å²) >= 11 is 0. The number of hydrogen-bond donors (Lipinski definition) is 2. The number of methoxy groups -OCH3 is 1. The Bertz CT molecular complexity index is 923. The van der Waals surface area contributed by atoms with E-state index in [0.717, 1.165) is 74.9 Å². The van der Waals surface area contributed by atoms with Crippen LogP contribution >= 0.6 is 0 Å². The Labute approximate surface area is 177 Å². The molecule has 0 aromatic heterocycles. The highest BCUT2D eigenvalue weighted by Gasteiger charge is 2.34. The molecule has 1 saturated heterocycles. The molecule has 8 heteroatoms. The van der Waals surface area contributed by atoms with Gasteiger partial charge in [-0.15, -0.1) is 0 Å². The SMILES string of the molecule is COc1ccc(CN2CC3=C4C(=NNN=C4C(NC4CCN(C)CC4)=N2)CC3)cc1. The molecular weight excluding hydrogens is 378 g/mol. The maximum absolute atomic E-state index is 5.29. The van der Waals surface area contributed by atoms with E-state index in [1.165, 1.54) is 16.7 Å². The van der Waals surface area contributed by atoms with Gasteiger partial charge in [0, 0.05) is 11.6 Å². The van der Waals surface area contributed by atoms with Gasteiger partial charge >= 0.3 is 0 Å². The lowest BCUT2D eigenvalue weighted by Crippen LogP contribution is -2.47. The van der Waals surface area contributed by atoms with E-state index in [1.807, 2.05) is 12.1 Å². The molecule has 5 rings (SSSR count). The first-order valence-corrected chi connectivity index (χ1v) is 10.7. The standard InChI is InChI=1S/C22H29N7O/c1-28-11-9-17(10-12-28)23-22-21-20-16(5-8-19(20)24-27-25-21)14-29(26-22)13-15-3-6-18(30-2)7-4-15/h3-4,6-7,17,27H,5,8-14H2,1-2H3,(H,23,26). The highest BCUT2D eigenvalue weighted by Crippen LogP contribution is 2.30. The highest BCUT2D eigenvalue weighted by atomic mass is 16.5. The van der Waals surface area contributed by atoms with Crippen LogP contribution in [0, 0.1) is 0 Å². The van der Waals surface area contributed by atoms with Gasteiger partial charge in [0.1, 0.15) is 11.5 Å². The molecule has 0 radical (unpaired) electrons. The van der Waals surface area contributed by atoms with E-state index < -0.39 is 0 Å². The van der Waals surface area contributed by atoms with Gasteiger partial charge in [-0.1, -0.05) is 12.1 Å². The van der Waals surface area contributed by atoms with Crippen molar-refractivity contribution in [1.29, 1.82) is 0 Å². The molecule has 0 bridgehead atoms. The molecule has 0 saturated carbocycles. The molecule has 8 nitrogen and oxygen atoms in total. The molecule has 0 spiro atoms. The third-order valence-electron chi connectivity index (χ3n) is 6.31. The summed E-state index contributed by atoms with van der Waals surface area (Å²) in [6.45, 7) is 3.75. The van der Waals surface area contributed by atoms with Crippen LogP contribution in [0.4, 0.5) is 0 Å². The lowest BCUT2D eigenvalue weighted by atomic mass is 10.0. The van der Waals surface area contributed by atoms with Crippen molar-refractivity contribution >= 4 is 17.3 Å². The number of nitrogens with one attached hydrogen (secondary N) is 2. The quantitative estimate of drug-likeness (QED) is 0.797. The summed E-state index contributed by atoms with van der Waals surface area (Å²) in [6.07, 6.45) is 4.21. The van der Waals surface area contributed by atoms with Crippen LogP contribution in [-0.2, 0) is 6.54 Å². The molecule has 1 aliphatic carbocycles. The van der Waals surface area contributed by atoms with Crippen molar-refractivity contribution in [3.05, 3.63) is 41.0 Å². The van der Waals surface area contributed by atoms with Crippen molar-refractivity contribution in [3.63, 3.8) is 0 Å². The molecule has 1 aromatic rings. The molecule has 1 fully saturated rings. The van der Waals surface area contributed by atoms with Crippen molar-refractivity contribution < 1.29 is 4.74 Å². The van der Waals surface area contributed by atoms with Gasteiger partial charge in [-0.25, -0.2) is 0 Å². The smallest absolute Gasteiger partial charge is 0.174 e. The second-order valence-electron chi connectivity index (χ2n) is 8.44. The maximum atomic E-state index is 5.29. The minimum absolute atomic E-state index is 0.413. The normalized spacial score (nSPS) is 21.9. The maximum Gasteiger partial charge on any atom is 0.174 e. The summed E-state index contributed by atoms with van der Waals surface area (Å²) in [4.78, 5) is 2.38. The summed E-state index contributed by atoms with van der Waals surface area (Å²) < 4.78 is 5.29. The summed E-state index contributed by atoms with van der Waals surface area (Å²) in [5, 5.41) is 19.9. The van der Waals surface area contributed by atoms with E-state index in [1.54, 1.807) is 7.11 Å².